The number of hydrogen-bond acceptors (Lipinski definition) is 4. The van der Waals surface area contributed by atoms with Crippen molar-refractivity contribution < 1.29 is 8.42 Å². The lowest BCUT2D eigenvalue weighted by atomic mass is 9.95. The molecule has 0 saturated carbocycles. The first-order chi connectivity index (χ1) is 10.1. The second-order valence-electron chi connectivity index (χ2n) is 4.87. The van der Waals surface area contributed by atoms with Crippen molar-refractivity contribution in [1.82, 2.24) is 10.0 Å². The van der Waals surface area contributed by atoms with Gasteiger partial charge in [0.05, 0.1) is 4.34 Å². The summed E-state index contributed by atoms with van der Waals surface area (Å²) in [5.74, 6) is 0. The Morgan fingerprint density at radius 3 is 2.77 bits per heavy atom. The van der Waals surface area contributed by atoms with Crippen molar-refractivity contribution in [2.45, 2.75) is 16.7 Å². The Morgan fingerprint density at radius 2 is 2.05 bits per heavy atom. The van der Waals surface area contributed by atoms with E-state index in [0.717, 1.165) is 29.9 Å². The van der Waals surface area contributed by atoms with Crippen LogP contribution in [0.3, 0.4) is 0 Å². The Hall–Kier alpha value is -0.630. The molecule has 8 heteroatoms. The summed E-state index contributed by atoms with van der Waals surface area (Å²) in [5, 5.41) is 3.35. The van der Waals surface area contributed by atoms with Gasteiger partial charge in [-0.1, -0.05) is 35.9 Å². The first-order valence-electron chi connectivity index (χ1n) is 6.62. The molecule has 0 fully saturated rings. The highest BCUT2D eigenvalue weighted by Crippen LogP contribution is 2.26. The van der Waals surface area contributed by atoms with Crippen LogP contribution in [0.25, 0.3) is 0 Å². The molecule has 2 heterocycles. The van der Waals surface area contributed by atoms with Crippen molar-refractivity contribution >= 4 is 45.4 Å². The van der Waals surface area contributed by atoms with Gasteiger partial charge < -0.3 is 5.32 Å². The zero-order chi connectivity index (χ0) is 14.9. The third kappa shape index (κ3) is 3.82. The average Bonchev–Trinajstić information content (AvgIpc) is 2.93. The molecule has 1 unspecified atom stereocenters. The molecule has 0 radical (unpaired) electrons. The van der Waals surface area contributed by atoms with Gasteiger partial charge in [-0.15, -0.1) is 23.7 Å². The van der Waals surface area contributed by atoms with Gasteiger partial charge >= 0.3 is 0 Å². The van der Waals surface area contributed by atoms with Gasteiger partial charge in [-0.2, -0.15) is 0 Å². The predicted octanol–water partition coefficient (Wildman–Crippen LogP) is 2.99. The fourth-order valence-electron chi connectivity index (χ4n) is 2.48. The van der Waals surface area contributed by atoms with Crippen LogP contribution in [0.2, 0.25) is 4.34 Å². The van der Waals surface area contributed by atoms with Crippen LogP contribution in [0, 0.1) is 0 Å². The van der Waals surface area contributed by atoms with Crippen LogP contribution in [-0.4, -0.2) is 21.5 Å². The van der Waals surface area contributed by atoms with Crippen LogP contribution in [0.4, 0.5) is 0 Å². The number of halogens is 2. The molecule has 0 spiro atoms. The van der Waals surface area contributed by atoms with Crippen molar-refractivity contribution in [3.05, 3.63) is 51.9 Å². The van der Waals surface area contributed by atoms with Crippen molar-refractivity contribution in [3.63, 3.8) is 0 Å². The largest absolute Gasteiger partial charge is 0.308 e. The van der Waals surface area contributed by atoms with Crippen LogP contribution in [0.1, 0.15) is 17.2 Å². The molecule has 2 N–H and O–H groups in total. The van der Waals surface area contributed by atoms with Crippen LogP contribution in [0.15, 0.2) is 40.6 Å². The molecule has 3 rings (SSSR count). The topological polar surface area (TPSA) is 58.2 Å². The maximum absolute atomic E-state index is 12.2. The van der Waals surface area contributed by atoms with E-state index in [0.29, 0.717) is 10.9 Å². The molecule has 0 amide bonds. The number of fused-ring (bicyclic) bond motifs is 1. The van der Waals surface area contributed by atoms with E-state index in [2.05, 4.69) is 16.1 Å². The first kappa shape index (κ1) is 17.7. The summed E-state index contributed by atoms with van der Waals surface area (Å²) in [7, 11) is -3.50. The Labute approximate surface area is 145 Å². The Bertz CT molecular complexity index is 747. The summed E-state index contributed by atoms with van der Waals surface area (Å²) in [4.78, 5) is 0. The van der Waals surface area contributed by atoms with Gasteiger partial charge in [0.1, 0.15) is 4.21 Å². The normalized spacial score (nSPS) is 17.6. The highest BCUT2D eigenvalue weighted by molar-refractivity contribution is 7.91. The Kier molecular flexibility index (Phi) is 5.87. The smallest absolute Gasteiger partial charge is 0.250 e. The summed E-state index contributed by atoms with van der Waals surface area (Å²) in [5.41, 5.74) is 2.44. The quantitative estimate of drug-likeness (QED) is 0.859. The van der Waals surface area contributed by atoms with Gasteiger partial charge in [0.15, 0.2) is 0 Å². The minimum absolute atomic E-state index is 0. The van der Waals surface area contributed by atoms with Gasteiger partial charge in [-0.25, -0.2) is 13.1 Å². The fraction of sp³-hybridized carbons (Fsp3) is 0.286. The lowest BCUT2D eigenvalue weighted by Gasteiger charge is -2.27. The SMILES string of the molecule is Cl.O=S(=O)(NCC1NCCc2ccccc21)c1ccc(Cl)s1. The van der Waals surface area contributed by atoms with E-state index in [1.165, 1.54) is 11.6 Å². The molecule has 1 aliphatic rings. The average molecular weight is 379 g/mol. The van der Waals surface area contributed by atoms with E-state index in [-0.39, 0.29) is 22.7 Å². The lowest BCUT2D eigenvalue weighted by molar-refractivity contribution is 0.492. The molecule has 0 bridgehead atoms. The zero-order valence-corrected chi connectivity index (χ0v) is 14.8. The van der Waals surface area contributed by atoms with E-state index in [1.54, 1.807) is 6.07 Å². The minimum atomic E-state index is -3.50. The van der Waals surface area contributed by atoms with Crippen molar-refractivity contribution in [2.24, 2.45) is 0 Å². The molecule has 1 aliphatic heterocycles. The molecule has 22 heavy (non-hydrogen) atoms. The summed E-state index contributed by atoms with van der Waals surface area (Å²) >= 11 is 6.86. The molecular formula is C14H16Cl2N2O2S2. The molecule has 120 valence electrons. The van der Waals surface area contributed by atoms with Gasteiger partial charge in [0, 0.05) is 12.6 Å². The monoisotopic (exact) mass is 378 g/mol. The van der Waals surface area contributed by atoms with Crippen LogP contribution in [-0.2, 0) is 16.4 Å². The van der Waals surface area contributed by atoms with Crippen molar-refractivity contribution in [3.8, 4) is 0 Å². The minimum Gasteiger partial charge on any atom is -0.308 e. The summed E-state index contributed by atoms with van der Waals surface area (Å²) < 4.78 is 27.8. The highest BCUT2D eigenvalue weighted by atomic mass is 35.5. The second kappa shape index (κ2) is 7.29. The number of thiophene rings is 1. The van der Waals surface area contributed by atoms with E-state index in [1.807, 2.05) is 18.2 Å². The standard InChI is InChI=1S/C14H15ClN2O2S2.ClH/c15-13-5-6-14(20-13)21(18,19)17-9-12-11-4-2-1-3-10(11)7-8-16-12;/h1-6,12,16-17H,7-9H2;1H. The molecular weight excluding hydrogens is 363 g/mol. The summed E-state index contributed by atoms with van der Waals surface area (Å²) in [6, 6.07) is 11.2. The van der Waals surface area contributed by atoms with Gasteiger partial charge in [-0.05, 0) is 36.2 Å². The maximum Gasteiger partial charge on any atom is 0.250 e. The number of rotatable bonds is 4. The predicted molar refractivity (Wildman–Crippen MR) is 92.7 cm³/mol. The third-order valence-electron chi connectivity index (χ3n) is 3.51. The second-order valence-corrected chi connectivity index (χ2v) is 8.57. The zero-order valence-electron chi connectivity index (χ0n) is 11.6. The van der Waals surface area contributed by atoms with Crippen molar-refractivity contribution in [1.29, 1.82) is 0 Å². The summed E-state index contributed by atoms with van der Waals surface area (Å²) in [6.45, 7) is 1.18. The Balaban J connectivity index is 0.00000176. The van der Waals surface area contributed by atoms with Gasteiger partial charge in [-0.3, -0.25) is 0 Å². The molecule has 4 nitrogen and oxygen atoms in total. The molecule has 1 aromatic carbocycles. The highest BCUT2D eigenvalue weighted by Gasteiger charge is 2.22. The van der Waals surface area contributed by atoms with E-state index >= 15 is 0 Å². The maximum atomic E-state index is 12.2. The Morgan fingerprint density at radius 1 is 1.27 bits per heavy atom. The molecule has 2 aromatic rings. The van der Waals surface area contributed by atoms with Crippen LogP contribution < -0.4 is 10.0 Å². The first-order valence-corrected chi connectivity index (χ1v) is 9.30. The molecule has 0 aliphatic carbocycles. The summed E-state index contributed by atoms with van der Waals surface area (Å²) in [6.07, 6.45) is 0.972. The van der Waals surface area contributed by atoms with Crippen LogP contribution >= 0.6 is 35.3 Å². The molecule has 1 aromatic heterocycles. The van der Waals surface area contributed by atoms with Gasteiger partial charge in [0.25, 0.3) is 0 Å². The number of nitrogens with one attached hydrogen (secondary N) is 2. The number of hydrogen-bond donors (Lipinski definition) is 2. The molecule has 1 atom stereocenters. The lowest BCUT2D eigenvalue weighted by Crippen LogP contribution is -2.38. The number of benzene rings is 1. The number of sulfonamides is 1. The van der Waals surface area contributed by atoms with E-state index in [4.69, 9.17) is 11.6 Å². The molecule has 0 saturated heterocycles. The van der Waals surface area contributed by atoms with Gasteiger partial charge in [0.2, 0.25) is 10.0 Å². The van der Waals surface area contributed by atoms with E-state index in [9.17, 15) is 8.42 Å². The van der Waals surface area contributed by atoms with E-state index < -0.39 is 10.0 Å². The van der Waals surface area contributed by atoms with Crippen LogP contribution in [0.5, 0.6) is 0 Å². The third-order valence-corrected chi connectivity index (χ3v) is 6.65. The fourth-order valence-corrected chi connectivity index (χ4v) is 5.06. The van der Waals surface area contributed by atoms with Crippen molar-refractivity contribution in [2.75, 3.05) is 13.1 Å².